The highest BCUT2D eigenvalue weighted by molar-refractivity contribution is 6.42. The molecule has 108 valence electrons. The minimum atomic E-state index is -1.17. The molecule has 0 aromatic heterocycles. The summed E-state index contributed by atoms with van der Waals surface area (Å²) in [5.41, 5.74) is -0.438. The van der Waals surface area contributed by atoms with Crippen molar-refractivity contribution in [3.8, 4) is 0 Å². The number of carbonyl (C=O) groups is 1. The maximum atomic E-state index is 13.6. The molecular weight excluding hydrogens is 312 g/mol. The highest BCUT2D eigenvalue weighted by Gasteiger charge is 2.47. The first-order valence-electron chi connectivity index (χ1n) is 5.86. The zero-order chi connectivity index (χ0) is 15.0. The number of carbonyl (C=O) groups excluding carboxylic acids is 1. The minimum absolute atomic E-state index is 0.0911. The summed E-state index contributed by atoms with van der Waals surface area (Å²) >= 11 is 11.6. The molecule has 0 spiro atoms. The van der Waals surface area contributed by atoms with Crippen LogP contribution in [0.2, 0.25) is 10.0 Å². The Morgan fingerprint density at radius 2 is 2.20 bits per heavy atom. The molecule has 1 aliphatic rings. The molecule has 2 unspecified atom stereocenters. The first-order chi connectivity index (χ1) is 9.38. The second-order valence-electron chi connectivity index (χ2n) is 4.38. The Morgan fingerprint density at radius 1 is 1.55 bits per heavy atom. The van der Waals surface area contributed by atoms with Gasteiger partial charge in [0.15, 0.2) is 0 Å². The van der Waals surface area contributed by atoms with Gasteiger partial charge in [-0.3, -0.25) is 14.9 Å². The summed E-state index contributed by atoms with van der Waals surface area (Å²) in [4.78, 5) is 21.5. The molecule has 2 atom stereocenters. The Hall–Kier alpha value is -1.40. The number of nitro benzene ring substituents is 1. The molecule has 1 aromatic rings. The molecule has 8 heteroatoms. The maximum absolute atomic E-state index is 13.6. The molecule has 0 N–H and O–H groups in total. The van der Waals surface area contributed by atoms with Gasteiger partial charge in [-0.2, -0.15) is 4.39 Å². The van der Waals surface area contributed by atoms with Crippen LogP contribution in [0.25, 0.3) is 0 Å². The number of esters is 1. The lowest BCUT2D eigenvalue weighted by atomic mass is 10.1. The fourth-order valence-electron chi connectivity index (χ4n) is 2.06. The Balaban J connectivity index is 2.35. The third-order valence-corrected chi connectivity index (χ3v) is 3.99. The SMILES string of the molecule is CCOC(=O)C1CC1c1cc([N+](=O)[O-])c(F)c(Cl)c1Cl. The summed E-state index contributed by atoms with van der Waals surface area (Å²) in [6.07, 6.45) is 0.456. The largest absolute Gasteiger partial charge is 0.466 e. The third kappa shape index (κ3) is 2.58. The van der Waals surface area contributed by atoms with Crippen molar-refractivity contribution in [1.82, 2.24) is 0 Å². The molecule has 0 amide bonds. The van der Waals surface area contributed by atoms with Crippen molar-refractivity contribution < 1.29 is 18.8 Å². The number of hydrogen-bond donors (Lipinski definition) is 0. The van der Waals surface area contributed by atoms with Gasteiger partial charge in [0.05, 0.1) is 22.5 Å². The lowest BCUT2D eigenvalue weighted by molar-refractivity contribution is -0.387. The number of halogens is 3. The molecule has 0 heterocycles. The van der Waals surface area contributed by atoms with E-state index in [2.05, 4.69) is 0 Å². The van der Waals surface area contributed by atoms with Crippen molar-refractivity contribution in [3.05, 3.63) is 37.6 Å². The van der Waals surface area contributed by atoms with E-state index in [0.717, 1.165) is 6.07 Å². The van der Waals surface area contributed by atoms with Crippen LogP contribution in [0.1, 0.15) is 24.8 Å². The van der Waals surface area contributed by atoms with Crippen LogP contribution in [-0.4, -0.2) is 17.5 Å². The molecule has 0 aliphatic heterocycles. The van der Waals surface area contributed by atoms with Crippen LogP contribution in [0.4, 0.5) is 10.1 Å². The van der Waals surface area contributed by atoms with E-state index in [1.165, 1.54) is 0 Å². The first-order valence-corrected chi connectivity index (χ1v) is 6.62. The standard InChI is InChI=1S/C12H10Cl2FNO4/c1-2-20-12(17)7-3-5(7)6-4-8(16(18)19)11(15)10(14)9(6)13/h4-5,7H,2-3H2,1H3. The van der Waals surface area contributed by atoms with Crippen LogP contribution in [-0.2, 0) is 9.53 Å². The van der Waals surface area contributed by atoms with Crippen LogP contribution < -0.4 is 0 Å². The summed E-state index contributed by atoms with van der Waals surface area (Å²) in [6.45, 7) is 1.93. The zero-order valence-corrected chi connectivity index (χ0v) is 11.9. The van der Waals surface area contributed by atoms with Crippen LogP contribution >= 0.6 is 23.2 Å². The van der Waals surface area contributed by atoms with E-state index in [9.17, 15) is 19.3 Å². The fraction of sp³-hybridized carbons (Fsp3) is 0.417. The Morgan fingerprint density at radius 3 is 2.75 bits per heavy atom. The number of benzene rings is 1. The molecule has 1 fully saturated rings. The van der Waals surface area contributed by atoms with Crippen LogP contribution in [0.15, 0.2) is 6.07 Å². The van der Waals surface area contributed by atoms with Gasteiger partial charge in [0.1, 0.15) is 5.02 Å². The van der Waals surface area contributed by atoms with Crippen molar-refractivity contribution in [2.75, 3.05) is 6.61 Å². The number of nitrogens with zero attached hydrogens (tertiary/aromatic N) is 1. The van der Waals surface area contributed by atoms with Gasteiger partial charge in [0, 0.05) is 6.07 Å². The highest BCUT2D eigenvalue weighted by Crippen LogP contribution is 2.52. The smallest absolute Gasteiger partial charge is 0.309 e. The maximum Gasteiger partial charge on any atom is 0.309 e. The van der Waals surface area contributed by atoms with Gasteiger partial charge < -0.3 is 4.74 Å². The summed E-state index contributed by atoms with van der Waals surface area (Å²) in [5, 5.41) is 10.2. The predicted molar refractivity (Wildman–Crippen MR) is 70.6 cm³/mol. The summed E-state index contributed by atoms with van der Waals surface area (Å²) < 4.78 is 18.5. The van der Waals surface area contributed by atoms with E-state index in [4.69, 9.17) is 27.9 Å². The lowest BCUT2D eigenvalue weighted by Crippen LogP contribution is -2.07. The molecule has 0 saturated heterocycles. The van der Waals surface area contributed by atoms with Crippen LogP contribution in [0.3, 0.4) is 0 Å². The molecule has 1 aliphatic carbocycles. The molecule has 0 bridgehead atoms. The molecule has 1 aromatic carbocycles. The third-order valence-electron chi connectivity index (χ3n) is 3.13. The average molecular weight is 322 g/mol. The predicted octanol–water partition coefficient (Wildman–Crippen LogP) is 3.71. The van der Waals surface area contributed by atoms with Crippen LogP contribution in [0, 0.1) is 21.8 Å². The van der Waals surface area contributed by atoms with Crippen molar-refractivity contribution in [2.45, 2.75) is 19.3 Å². The van der Waals surface area contributed by atoms with Gasteiger partial charge in [-0.25, -0.2) is 0 Å². The van der Waals surface area contributed by atoms with Crippen molar-refractivity contribution >= 4 is 34.9 Å². The second kappa shape index (κ2) is 5.54. The number of hydrogen-bond acceptors (Lipinski definition) is 4. The first kappa shape index (κ1) is 15.0. The Bertz CT molecular complexity index is 593. The van der Waals surface area contributed by atoms with Crippen molar-refractivity contribution in [2.24, 2.45) is 5.92 Å². The quantitative estimate of drug-likeness (QED) is 0.367. The van der Waals surface area contributed by atoms with E-state index < -0.39 is 33.3 Å². The Labute approximate surface area is 123 Å². The van der Waals surface area contributed by atoms with E-state index in [0.29, 0.717) is 12.0 Å². The summed E-state index contributed by atoms with van der Waals surface area (Å²) in [6, 6.07) is 1.04. The van der Waals surface area contributed by atoms with E-state index in [1.54, 1.807) is 6.92 Å². The minimum Gasteiger partial charge on any atom is -0.466 e. The van der Waals surface area contributed by atoms with Crippen molar-refractivity contribution in [1.29, 1.82) is 0 Å². The topological polar surface area (TPSA) is 69.4 Å². The molecule has 0 radical (unpaired) electrons. The monoisotopic (exact) mass is 321 g/mol. The van der Waals surface area contributed by atoms with Gasteiger partial charge in [-0.15, -0.1) is 0 Å². The molecular formula is C12H10Cl2FNO4. The highest BCUT2D eigenvalue weighted by atomic mass is 35.5. The number of ether oxygens (including phenoxy) is 1. The van der Waals surface area contributed by atoms with Crippen LogP contribution in [0.5, 0.6) is 0 Å². The number of nitro groups is 1. The Kier molecular flexibility index (Phi) is 4.15. The van der Waals surface area contributed by atoms with Gasteiger partial charge in [-0.05, 0) is 24.8 Å². The molecule has 5 nitrogen and oxygen atoms in total. The average Bonchev–Trinajstić information content (AvgIpc) is 3.16. The van der Waals surface area contributed by atoms with E-state index in [-0.39, 0.29) is 17.5 Å². The molecule has 2 rings (SSSR count). The fourth-order valence-corrected chi connectivity index (χ4v) is 2.54. The molecule has 20 heavy (non-hydrogen) atoms. The molecule has 1 saturated carbocycles. The normalized spacial score (nSPS) is 20.6. The van der Waals surface area contributed by atoms with Crippen molar-refractivity contribution in [3.63, 3.8) is 0 Å². The summed E-state index contributed by atoms with van der Waals surface area (Å²) in [5.74, 6) is -2.29. The van der Waals surface area contributed by atoms with E-state index >= 15 is 0 Å². The zero-order valence-electron chi connectivity index (χ0n) is 10.4. The van der Waals surface area contributed by atoms with Gasteiger partial charge in [-0.1, -0.05) is 23.2 Å². The summed E-state index contributed by atoms with van der Waals surface area (Å²) in [7, 11) is 0. The number of rotatable bonds is 4. The van der Waals surface area contributed by atoms with E-state index in [1.807, 2.05) is 0 Å². The van der Waals surface area contributed by atoms with Gasteiger partial charge in [0.2, 0.25) is 5.82 Å². The second-order valence-corrected chi connectivity index (χ2v) is 5.14. The van der Waals surface area contributed by atoms with Gasteiger partial charge in [0.25, 0.3) is 0 Å². The van der Waals surface area contributed by atoms with Gasteiger partial charge >= 0.3 is 11.7 Å². The lowest BCUT2D eigenvalue weighted by Gasteiger charge is -2.07.